The number of H-pyrrole nitrogens is 1. The molecule has 1 fully saturated rings. The Morgan fingerprint density at radius 3 is 2.41 bits per heavy atom. The number of aromatic amines is 1. The molecule has 3 rings (SSSR count). The van der Waals surface area contributed by atoms with Gasteiger partial charge in [-0.1, -0.05) is 6.07 Å². The number of ketones is 1. The molecule has 1 aliphatic heterocycles. The molecular weight excluding hydrogens is 366 g/mol. The van der Waals surface area contributed by atoms with E-state index in [1.54, 1.807) is 26.0 Å². The number of aryl methyl sites for hydroxylation is 1. The van der Waals surface area contributed by atoms with Crippen LogP contribution in [-0.2, 0) is 10.0 Å². The number of rotatable bonds is 5. The number of anilines is 1. The first-order valence-corrected chi connectivity index (χ1v) is 10.3. The number of aromatic nitrogens is 1. The number of sulfonamides is 1. The van der Waals surface area contributed by atoms with Gasteiger partial charge in [-0.05, 0) is 57.4 Å². The fourth-order valence-electron chi connectivity index (χ4n) is 3.51. The van der Waals surface area contributed by atoms with Crippen molar-refractivity contribution < 1.29 is 18.0 Å². The molecule has 0 atom stereocenters. The van der Waals surface area contributed by atoms with E-state index >= 15 is 0 Å². The van der Waals surface area contributed by atoms with Gasteiger partial charge < -0.3 is 10.3 Å². The normalized spacial score (nSPS) is 15.1. The van der Waals surface area contributed by atoms with Crippen LogP contribution in [0.25, 0.3) is 0 Å². The SMILES string of the molecule is CC(=O)c1c(C)[nH]c(C(=O)Nc2cccc(S(=O)(=O)N3CCCC3)c2)c1C. The Morgan fingerprint density at radius 2 is 1.81 bits per heavy atom. The van der Waals surface area contributed by atoms with Gasteiger partial charge in [0.2, 0.25) is 10.0 Å². The number of hydrogen-bond donors (Lipinski definition) is 2. The average Bonchev–Trinajstić information content (AvgIpc) is 3.23. The summed E-state index contributed by atoms with van der Waals surface area (Å²) in [6, 6.07) is 6.23. The Morgan fingerprint density at radius 1 is 1.15 bits per heavy atom. The minimum absolute atomic E-state index is 0.112. The van der Waals surface area contributed by atoms with Gasteiger partial charge in [0.15, 0.2) is 5.78 Å². The van der Waals surface area contributed by atoms with E-state index in [1.165, 1.54) is 23.4 Å². The quantitative estimate of drug-likeness (QED) is 0.768. The van der Waals surface area contributed by atoms with Gasteiger partial charge in [-0.2, -0.15) is 4.31 Å². The molecule has 2 aromatic rings. The van der Waals surface area contributed by atoms with Crippen LogP contribution in [0.2, 0.25) is 0 Å². The molecule has 1 saturated heterocycles. The summed E-state index contributed by atoms with van der Waals surface area (Å²) in [5.41, 5.74) is 2.40. The number of amides is 1. The molecule has 7 nitrogen and oxygen atoms in total. The molecule has 0 spiro atoms. The fourth-order valence-corrected chi connectivity index (χ4v) is 5.07. The maximum Gasteiger partial charge on any atom is 0.272 e. The highest BCUT2D eigenvalue weighted by Gasteiger charge is 2.27. The summed E-state index contributed by atoms with van der Waals surface area (Å²) >= 11 is 0. The molecule has 0 radical (unpaired) electrons. The van der Waals surface area contributed by atoms with Gasteiger partial charge in [0.1, 0.15) is 5.69 Å². The van der Waals surface area contributed by atoms with Crippen molar-refractivity contribution in [3.63, 3.8) is 0 Å². The molecule has 2 N–H and O–H groups in total. The van der Waals surface area contributed by atoms with Crippen LogP contribution in [0.4, 0.5) is 5.69 Å². The van der Waals surface area contributed by atoms with Gasteiger partial charge >= 0.3 is 0 Å². The smallest absolute Gasteiger partial charge is 0.272 e. The third-order valence-corrected chi connectivity index (χ3v) is 6.71. The van der Waals surface area contributed by atoms with Crippen LogP contribution in [0.3, 0.4) is 0 Å². The lowest BCUT2D eigenvalue weighted by molar-refractivity contribution is 0.101. The van der Waals surface area contributed by atoms with E-state index in [0.717, 1.165) is 12.8 Å². The first-order valence-electron chi connectivity index (χ1n) is 8.83. The van der Waals surface area contributed by atoms with Gasteiger partial charge in [0.05, 0.1) is 4.90 Å². The lowest BCUT2D eigenvalue weighted by atomic mass is 10.1. The monoisotopic (exact) mass is 389 g/mol. The van der Waals surface area contributed by atoms with Gasteiger partial charge in [-0.25, -0.2) is 8.42 Å². The molecule has 144 valence electrons. The molecule has 0 aliphatic carbocycles. The second-order valence-corrected chi connectivity index (χ2v) is 8.71. The van der Waals surface area contributed by atoms with Gasteiger partial charge in [-0.3, -0.25) is 9.59 Å². The molecule has 27 heavy (non-hydrogen) atoms. The highest BCUT2D eigenvalue weighted by atomic mass is 32.2. The summed E-state index contributed by atoms with van der Waals surface area (Å²) in [5.74, 6) is -0.530. The van der Waals surface area contributed by atoms with E-state index in [2.05, 4.69) is 10.3 Å². The number of nitrogens with zero attached hydrogens (tertiary/aromatic N) is 1. The lowest BCUT2D eigenvalue weighted by Gasteiger charge is -2.16. The Kier molecular flexibility index (Phi) is 5.21. The average molecular weight is 389 g/mol. The van der Waals surface area contributed by atoms with Crippen molar-refractivity contribution in [3.8, 4) is 0 Å². The van der Waals surface area contributed by atoms with Crippen LogP contribution in [0.1, 0.15) is 51.9 Å². The number of carbonyl (C=O) groups excluding carboxylic acids is 2. The number of nitrogens with one attached hydrogen (secondary N) is 2. The summed E-state index contributed by atoms with van der Waals surface area (Å²) in [6.45, 7) is 5.95. The predicted molar refractivity (Wildman–Crippen MR) is 103 cm³/mol. The van der Waals surface area contributed by atoms with E-state index in [4.69, 9.17) is 0 Å². The number of carbonyl (C=O) groups is 2. The Bertz CT molecular complexity index is 1000. The van der Waals surface area contributed by atoms with Crippen molar-refractivity contribution in [3.05, 3.63) is 46.8 Å². The van der Waals surface area contributed by atoms with E-state index in [0.29, 0.717) is 41.3 Å². The molecule has 1 aromatic heterocycles. The molecule has 8 heteroatoms. The topological polar surface area (TPSA) is 99.3 Å². The van der Waals surface area contributed by atoms with Gasteiger partial charge in [-0.15, -0.1) is 0 Å². The zero-order valence-corrected chi connectivity index (χ0v) is 16.4. The van der Waals surface area contributed by atoms with Crippen molar-refractivity contribution in [1.29, 1.82) is 0 Å². The number of Topliss-reactive ketones (excluding diaryl/α,β-unsaturated/α-hetero) is 1. The zero-order valence-electron chi connectivity index (χ0n) is 15.6. The summed E-state index contributed by atoms with van der Waals surface area (Å²) in [5, 5.41) is 2.72. The Hall–Kier alpha value is -2.45. The molecule has 0 saturated carbocycles. The minimum Gasteiger partial charge on any atom is -0.354 e. The molecule has 1 aromatic carbocycles. The van der Waals surface area contributed by atoms with Crippen LogP contribution in [0.5, 0.6) is 0 Å². The van der Waals surface area contributed by atoms with Crippen molar-refractivity contribution in [1.82, 2.24) is 9.29 Å². The third-order valence-electron chi connectivity index (χ3n) is 4.81. The fraction of sp³-hybridized carbons (Fsp3) is 0.368. The number of benzene rings is 1. The van der Waals surface area contributed by atoms with Crippen LogP contribution in [-0.4, -0.2) is 42.5 Å². The van der Waals surface area contributed by atoms with Crippen LogP contribution in [0, 0.1) is 13.8 Å². The molecule has 1 amide bonds. The van der Waals surface area contributed by atoms with E-state index in [9.17, 15) is 18.0 Å². The Balaban J connectivity index is 1.86. The molecular formula is C19H23N3O4S. The van der Waals surface area contributed by atoms with Crippen molar-refractivity contribution in [2.45, 2.75) is 38.5 Å². The lowest BCUT2D eigenvalue weighted by Crippen LogP contribution is -2.28. The van der Waals surface area contributed by atoms with Crippen molar-refractivity contribution >= 4 is 27.4 Å². The summed E-state index contributed by atoms with van der Waals surface area (Å²) in [4.78, 5) is 27.5. The van der Waals surface area contributed by atoms with Gasteiger partial charge in [0.25, 0.3) is 5.91 Å². The highest BCUT2D eigenvalue weighted by molar-refractivity contribution is 7.89. The maximum atomic E-state index is 12.7. The Labute approximate surface area is 158 Å². The summed E-state index contributed by atoms with van der Waals surface area (Å²) < 4.78 is 26.8. The zero-order chi connectivity index (χ0) is 19.8. The van der Waals surface area contributed by atoms with Gasteiger partial charge in [0, 0.05) is 30.0 Å². The maximum absolute atomic E-state index is 12.7. The predicted octanol–water partition coefficient (Wildman–Crippen LogP) is 2.87. The van der Waals surface area contributed by atoms with Crippen LogP contribution < -0.4 is 5.32 Å². The molecule has 0 bridgehead atoms. The first-order chi connectivity index (χ1) is 12.7. The largest absolute Gasteiger partial charge is 0.354 e. The van der Waals surface area contributed by atoms with E-state index < -0.39 is 15.9 Å². The van der Waals surface area contributed by atoms with Crippen LogP contribution >= 0.6 is 0 Å². The molecule has 1 aliphatic rings. The van der Waals surface area contributed by atoms with Crippen LogP contribution in [0.15, 0.2) is 29.2 Å². The summed E-state index contributed by atoms with van der Waals surface area (Å²) in [7, 11) is -3.55. The standard InChI is InChI=1S/C19H23N3O4S/c1-12-17(14(3)23)13(2)20-18(12)19(24)21-15-7-6-8-16(11-15)27(25,26)22-9-4-5-10-22/h6-8,11,20H,4-5,9-10H2,1-3H3,(H,21,24). The summed E-state index contributed by atoms with van der Waals surface area (Å²) in [6.07, 6.45) is 1.72. The second kappa shape index (κ2) is 7.28. The van der Waals surface area contributed by atoms with Crippen molar-refractivity contribution in [2.24, 2.45) is 0 Å². The third kappa shape index (κ3) is 3.68. The molecule has 2 heterocycles. The number of hydrogen-bond acceptors (Lipinski definition) is 4. The minimum atomic E-state index is -3.55. The second-order valence-electron chi connectivity index (χ2n) is 6.77. The van der Waals surface area contributed by atoms with E-state index in [1.807, 2.05) is 0 Å². The first kappa shape index (κ1) is 19.3. The highest BCUT2D eigenvalue weighted by Crippen LogP contribution is 2.24. The van der Waals surface area contributed by atoms with E-state index in [-0.39, 0.29) is 10.7 Å². The molecule has 0 unspecified atom stereocenters. The van der Waals surface area contributed by atoms with Crippen molar-refractivity contribution in [2.75, 3.05) is 18.4 Å².